The highest BCUT2D eigenvalue weighted by atomic mass is 32.2. The topological polar surface area (TPSA) is 66.5 Å². The number of nitrogens with zero attached hydrogens (tertiary/aromatic N) is 1. The quantitative estimate of drug-likeness (QED) is 0.624. The summed E-state index contributed by atoms with van der Waals surface area (Å²) in [6, 6.07) is 10.4. The van der Waals surface area contributed by atoms with E-state index in [0.717, 1.165) is 6.07 Å². The van der Waals surface area contributed by atoms with E-state index in [1.165, 1.54) is 46.8 Å². The molecule has 1 amide bonds. The van der Waals surface area contributed by atoms with Crippen LogP contribution in [0.2, 0.25) is 0 Å². The molecule has 0 unspecified atom stereocenters. The van der Waals surface area contributed by atoms with E-state index in [2.05, 4.69) is 5.32 Å². The first-order valence-electron chi connectivity index (χ1n) is 9.64. The van der Waals surface area contributed by atoms with Crippen LogP contribution in [0, 0.1) is 0 Å². The number of rotatable bonds is 9. The maximum Gasteiger partial charge on any atom is 0.416 e. The molecule has 0 aliphatic heterocycles. The zero-order valence-corrected chi connectivity index (χ0v) is 17.7. The van der Waals surface area contributed by atoms with Gasteiger partial charge in [-0.25, -0.2) is 8.42 Å². The molecule has 0 atom stereocenters. The molecule has 0 heterocycles. The molecule has 0 aliphatic rings. The summed E-state index contributed by atoms with van der Waals surface area (Å²) < 4.78 is 66.1. The van der Waals surface area contributed by atoms with Crippen LogP contribution in [0.1, 0.15) is 48.2 Å². The van der Waals surface area contributed by atoms with Crippen molar-refractivity contribution in [2.24, 2.45) is 0 Å². The van der Waals surface area contributed by atoms with Crippen LogP contribution in [0.25, 0.3) is 0 Å². The Bertz CT molecular complexity index is 952. The fourth-order valence-electron chi connectivity index (χ4n) is 3.01. The highest BCUT2D eigenvalue weighted by Gasteiger charge is 2.32. The second kappa shape index (κ2) is 10.1. The van der Waals surface area contributed by atoms with Gasteiger partial charge in [0.25, 0.3) is 5.91 Å². The molecule has 0 radical (unpaired) electrons. The first-order valence-corrected chi connectivity index (χ1v) is 11.1. The van der Waals surface area contributed by atoms with Gasteiger partial charge in [0.2, 0.25) is 10.0 Å². The normalized spacial score (nSPS) is 12.2. The van der Waals surface area contributed by atoms with Crippen LogP contribution < -0.4 is 5.32 Å². The average molecular weight is 443 g/mol. The highest BCUT2D eigenvalue weighted by Crippen LogP contribution is 2.31. The van der Waals surface area contributed by atoms with Gasteiger partial charge < -0.3 is 5.32 Å². The summed E-state index contributed by atoms with van der Waals surface area (Å²) in [6.45, 7) is 4.29. The first-order chi connectivity index (χ1) is 14.1. The van der Waals surface area contributed by atoms with E-state index in [1.807, 2.05) is 13.8 Å². The molecule has 0 spiro atoms. The van der Waals surface area contributed by atoms with Gasteiger partial charge >= 0.3 is 6.18 Å². The van der Waals surface area contributed by atoms with Gasteiger partial charge in [-0.3, -0.25) is 4.79 Å². The Morgan fingerprint density at radius 1 is 0.967 bits per heavy atom. The van der Waals surface area contributed by atoms with Crippen molar-refractivity contribution in [1.82, 2.24) is 9.62 Å². The van der Waals surface area contributed by atoms with E-state index in [4.69, 9.17) is 0 Å². The number of alkyl halides is 3. The molecule has 9 heteroatoms. The molecule has 0 fully saturated rings. The number of carbonyl (C=O) groups is 1. The molecule has 0 saturated carbocycles. The average Bonchev–Trinajstić information content (AvgIpc) is 2.71. The standard InChI is InChI=1S/C21H25F3N2O3S/c1-3-13-26(14-4-2)30(28,29)18-11-9-16(10-12-18)20(27)25-15-17-7-5-6-8-19(17)21(22,23)24/h5-12H,3-4,13-15H2,1-2H3,(H,25,27). The molecule has 2 rings (SSSR count). The zero-order valence-electron chi connectivity index (χ0n) is 16.9. The van der Waals surface area contributed by atoms with Gasteiger partial charge in [-0.15, -0.1) is 0 Å². The predicted molar refractivity (Wildman–Crippen MR) is 108 cm³/mol. The first kappa shape index (κ1) is 23.9. The number of amides is 1. The Hall–Kier alpha value is -2.39. The maximum atomic E-state index is 13.1. The number of nitrogens with one attached hydrogen (secondary N) is 1. The van der Waals surface area contributed by atoms with Gasteiger partial charge in [0.15, 0.2) is 0 Å². The third kappa shape index (κ3) is 5.82. The molecular weight excluding hydrogens is 417 g/mol. The molecule has 2 aromatic carbocycles. The van der Waals surface area contributed by atoms with Crippen molar-refractivity contribution in [2.75, 3.05) is 13.1 Å². The zero-order chi connectivity index (χ0) is 22.4. The smallest absolute Gasteiger partial charge is 0.348 e. The van der Waals surface area contributed by atoms with E-state index in [9.17, 15) is 26.4 Å². The van der Waals surface area contributed by atoms with E-state index in [1.54, 1.807) is 0 Å². The number of carbonyl (C=O) groups excluding carboxylic acids is 1. The fraction of sp³-hybridized carbons (Fsp3) is 0.381. The Balaban J connectivity index is 2.13. The summed E-state index contributed by atoms with van der Waals surface area (Å²) in [5.74, 6) is -0.588. The Morgan fingerprint density at radius 3 is 2.07 bits per heavy atom. The third-order valence-electron chi connectivity index (χ3n) is 4.46. The molecule has 0 saturated heterocycles. The van der Waals surface area contributed by atoms with Crippen LogP contribution >= 0.6 is 0 Å². The minimum atomic E-state index is -4.51. The fourth-order valence-corrected chi connectivity index (χ4v) is 4.63. The van der Waals surface area contributed by atoms with E-state index >= 15 is 0 Å². The third-order valence-corrected chi connectivity index (χ3v) is 6.38. The van der Waals surface area contributed by atoms with Gasteiger partial charge in [-0.05, 0) is 48.7 Å². The number of benzene rings is 2. The van der Waals surface area contributed by atoms with Crippen molar-refractivity contribution < 1.29 is 26.4 Å². The lowest BCUT2D eigenvalue weighted by molar-refractivity contribution is -0.138. The summed E-state index contributed by atoms with van der Waals surface area (Å²) in [4.78, 5) is 12.4. The minimum Gasteiger partial charge on any atom is -0.348 e. The summed E-state index contributed by atoms with van der Waals surface area (Å²) in [5, 5.41) is 2.45. The summed E-state index contributed by atoms with van der Waals surface area (Å²) in [6.07, 6.45) is -3.15. The molecule has 2 aromatic rings. The van der Waals surface area contributed by atoms with Crippen LogP contribution in [0.3, 0.4) is 0 Å². The van der Waals surface area contributed by atoms with Crippen molar-refractivity contribution in [2.45, 2.75) is 44.3 Å². The molecule has 0 aliphatic carbocycles. The Kier molecular flexibility index (Phi) is 8.03. The summed E-state index contributed by atoms with van der Waals surface area (Å²) in [5.41, 5.74) is -0.693. The predicted octanol–water partition coefficient (Wildman–Crippen LogP) is 4.45. The molecule has 0 bridgehead atoms. The second-order valence-corrected chi connectivity index (χ2v) is 8.70. The maximum absolute atomic E-state index is 13.1. The highest BCUT2D eigenvalue weighted by molar-refractivity contribution is 7.89. The van der Waals surface area contributed by atoms with E-state index < -0.39 is 27.7 Å². The van der Waals surface area contributed by atoms with E-state index in [-0.39, 0.29) is 22.6 Å². The van der Waals surface area contributed by atoms with Gasteiger partial charge in [0.1, 0.15) is 0 Å². The van der Waals surface area contributed by atoms with Crippen molar-refractivity contribution in [1.29, 1.82) is 0 Å². The lowest BCUT2D eigenvalue weighted by Crippen LogP contribution is -2.32. The monoisotopic (exact) mass is 442 g/mol. The van der Waals surface area contributed by atoms with E-state index in [0.29, 0.717) is 25.9 Å². The second-order valence-electron chi connectivity index (χ2n) is 6.77. The van der Waals surface area contributed by atoms with Gasteiger partial charge in [-0.2, -0.15) is 17.5 Å². The Morgan fingerprint density at radius 2 is 1.53 bits per heavy atom. The Labute approximate surface area is 175 Å². The number of sulfonamides is 1. The minimum absolute atomic E-state index is 0.0488. The number of hydrogen-bond acceptors (Lipinski definition) is 3. The lowest BCUT2D eigenvalue weighted by atomic mass is 10.1. The number of halogens is 3. The summed E-state index contributed by atoms with van der Waals surface area (Å²) >= 11 is 0. The van der Waals surface area contributed by atoms with Crippen LogP contribution in [0.15, 0.2) is 53.4 Å². The van der Waals surface area contributed by atoms with Crippen LogP contribution in [0.5, 0.6) is 0 Å². The van der Waals surface area contributed by atoms with Gasteiger partial charge in [0.05, 0.1) is 10.5 Å². The van der Waals surface area contributed by atoms with Gasteiger partial charge in [0, 0.05) is 25.2 Å². The summed E-state index contributed by atoms with van der Waals surface area (Å²) in [7, 11) is -3.67. The lowest BCUT2D eigenvalue weighted by Gasteiger charge is -2.21. The molecule has 30 heavy (non-hydrogen) atoms. The van der Waals surface area contributed by atoms with Crippen molar-refractivity contribution >= 4 is 15.9 Å². The van der Waals surface area contributed by atoms with Crippen molar-refractivity contribution in [3.63, 3.8) is 0 Å². The molecule has 0 aromatic heterocycles. The number of hydrogen-bond donors (Lipinski definition) is 1. The van der Waals surface area contributed by atoms with Crippen molar-refractivity contribution in [3.05, 3.63) is 65.2 Å². The molecule has 1 N–H and O–H groups in total. The van der Waals surface area contributed by atoms with Crippen LogP contribution in [-0.2, 0) is 22.7 Å². The SMILES string of the molecule is CCCN(CCC)S(=O)(=O)c1ccc(C(=O)NCc2ccccc2C(F)(F)F)cc1. The van der Waals surface area contributed by atoms with Crippen molar-refractivity contribution in [3.8, 4) is 0 Å². The van der Waals surface area contributed by atoms with Gasteiger partial charge in [-0.1, -0.05) is 32.0 Å². The molecule has 5 nitrogen and oxygen atoms in total. The molecule has 164 valence electrons. The largest absolute Gasteiger partial charge is 0.416 e. The molecular formula is C21H25F3N2O3S. The van der Waals surface area contributed by atoms with Crippen LogP contribution in [-0.4, -0.2) is 31.7 Å². The van der Waals surface area contributed by atoms with Crippen LogP contribution in [0.4, 0.5) is 13.2 Å².